The van der Waals surface area contributed by atoms with Crippen LogP contribution >= 0.6 is 0 Å². The SMILES string of the molecule is C[C@@H]1O[C@@H](OC[C@]2(O)CO[C@@H](O[C@@H]3[C@@H](O)[C@@H](O)[C@H](O[C@H]4[C@H](OC(=O)[C@]56CCC(C)(C)C[C@H]5C5=CC[C@@H]7[C@@]8(C)C[C@H](O)[C@H](O[C@@H]9O[C@H](CO)[C@@H](O)[C@H](O)[C@H]9O)[C@@](C)(CO)[C@@H]8CC[C@@]7(C)[C@]5(C)CC6)OC[C@H](O)[C@@H]4O)O[C@H]3C)[C@@H]2O)[C@H](O)[C@H](O)[C@H]1O. The number of aliphatic hydroxyl groups excluding tert-OH is 14. The van der Waals surface area contributed by atoms with E-state index in [1.54, 1.807) is 0 Å². The third-order valence-electron chi connectivity index (χ3n) is 22.8. The van der Waals surface area contributed by atoms with E-state index in [1.807, 2.05) is 6.92 Å². The minimum Gasteiger partial charge on any atom is -0.432 e. The van der Waals surface area contributed by atoms with E-state index in [2.05, 4.69) is 40.7 Å². The fourth-order valence-corrected chi connectivity index (χ4v) is 17.4. The molecule has 32 atom stereocenters. The number of carbonyl (C=O) groups excluding carboxylic acids is 1. The molecule has 5 saturated heterocycles. The lowest BCUT2D eigenvalue weighted by atomic mass is 9.33. The molecule has 0 aromatic heterocycles. The average Bonchev–Trinajstić information content (AvgIpc) is 0.785. The van der Waals surface area contributed by atoms with E-state index < -0.39 is 201 Å². The largest absolute Gasteiger partial charge is 0.432 e. The van der Waals surface area contributed by atoms with Crippen LogP contribution in [0.4, 0.5) is 0 Å². The summed E-state index contributed by atoms with van der Waals surface area (Å²) in [5.74, 6) is -1.11. The summed E-state index contributed by atoms with van der Waals surface area (Å²) in [5.41, 5.74) is -4.74. The third-order valence-corrected chi connectivity index (χ3v) is 22.8. The molecule has 0 spiro atoms. The first-order valence-corrected chi connectivity index (χ1v) is 30.1. The standard InChI is InChI=1S/C58H94O26/c1-24-33(63)36(66)39(69)46(78-24)76-22-58(74)23-77-50(44(58)72)81-42-25(2)79-47(41(71)38(42)68)82-43-34(64)29(62)20-75-49(43)84-51(73)57-15-13-52(3,4)17-27(57)26-9-10-32-53(5)18-28(61)45(83-48-40(70)37(67)35(65)30(19-59)80-48)54(6,21-60)31(53)11-12-56(32,8)55(26,7)14-16-57/h9,24-25,27-50,59-72,74H,10-23H2,1-8H3/t24-,25-,27-,28-,29-,30+,31+,32+,33-,34-,35+,36+,37-,38-,39+,40+,41+,42-,43+,44-,45-,46+,47-,48-,49-,50-,53-,54-,55+,56+,57-,58-/m0/s1. The zero-order chi connectivity index (χ0) is 61.3. The summed E-state index contributed by atoms with van der Waals surface area (Å²) in [6.07, 6.45) is -27.9. The van der Waals surface area contributed by atoms with Crippen molar-refractivity contribution in [3.05, 3.63) is 11.6 Å². The van der Waals surface area contributed by atoms with Gasteiger partial charge in [-0.2, -0.15) is 0 Å². The fourth-order valence-electron chi connectivity index (χ4n) is 17.4. The quantitative estimate of drug-likeness (QED) is 0.0499. The Morgan fingerprint density at radius 3 is 1.94 bits per heavy atom. The Kier molecular flexibility index (Phi) is 18.2. The summed E-state index contributed by atoms with van der Waals surface area (Å²) in [4.78, 5) is 15.4. The number of carbonyl (C=O) groups is 1. The summed E-state index contributed by atoms with van der Waals surface area (Å²) in [6.45, 7) is 13.2. The van der Waals surface area contributed by atoms with E-state index in [-0.39, 0.29) is 41.6 Å². The maximum absolute atomic E-state index is 15.4. The van der Waals surface area contributed by atoms with Gasteiger partial charge in [0.25, 0.3) is 0 Å². The second kappa shape index (κ2) is 23.5. The number of rotatable bonds is 13. The van der Waals surface area contributed by atoms with Crippen LogP contribution < -0.4 is 0 Å². The molecule has 5 aliphatic carbocycles. The van der Waals surface area contributed by atoms with Crippen molar-refractivity contribution < 1.29 is 129 Å². The Balaban J connectivity index is 0.831. The Hall–Kier alpha value is -1.75. The average molecular weight is 1210 g/mol. The molecule has 10 aliphatic rings. The molecule has 0 aromatic carbocycles. The first-order valence-electron chi connectivity index (χ1n) is 30.1. The normalized spacial score (nSPS) is 55.6. The zero-order valence-electron chi connectivity index (χ0n) is 49.2. The summed E-state index contributed by atoms with van der Waals surface area (Å²) in [6, 6.07) is 0. The molecule has 4 saturated carbocycles. The zero-order valence-corrected chi connectivity index (χ0v) is 49.2. The van der Waals surface area contributed by atoms with E-state index in [4.69, 9.17) is 47.4 Å². The maximum atomic E-state index is 15.4. The van der Waals surface area contributed by atoms with Crippen LogP contribution in [0.3, 0.4) is 0 Å². The predicted octanol–water partition coefficient (Wildman–Crippen LogP) is -2.93. The van der Waals surface area contributed by atoms with Gasteiger partial charge in [-0.3, -0.25) is 4.79 Å². The number of ether oxygens (including phenoxy) is 10. The molecule has 0 unspecified atom stereocenters. The van der Waals surface area contributed by atoms with Gasteiger partial charge < -0.3 is 124 Å². The molecule has 15 N–H and O–H groups in total. The smallest absolute Gasteiger partial charge is 0.315 e. The number of esters is 1. The van der Waals surface area contributed by atoms with E-state index >= 15 is 4.79 Å². The van der Waals surface area contributed by atoms with Crippen LogP contribution in [0, 0.1) is 50.2 Å². The minimum absolute atomic E-state index is 0.0191. The van der Waals surface area contributed by atoms with Gasteiger partial charge in [0.15, 0.2) is 31.3 Å². The monoisotopic (exact) mass is 1210 g/mol. The molecule has 26 heteroatoms. The molecular weight excluding hydrogens is 1110 g/mol. The van der Waals surface area contributed by atoms with Crippen LogP contribution in [0.2, 0.25) is 0 Å². The van der Waals surface area contributed by atoms with Crippen LogP contribution in [-0.2, 0) is 52.2 Å². The number of aliphatic hydroxyl groups is 15. The van der Waals surface area contributed by atoms with Crippen molar-refractivity contribution in [2.45, 2.75) is 260 Å². The highest BCUT2D eigenvalue weighted by Crippen LogP contribution is 2.76. The Morgan fingerprint density at radius 2 is 1.25 bits per heavy atom. The van der Waals surface area contributed by atoms with E-state index in [0.717, 1.165) is 12.0 Å². The number of allylic oxidation sites excluding steroid dienone is 2. The van der Waals surface area contributed by atoms with Crippen LogP contribution in [0.5, 0.6) is 0 Å². The maximum Gasteiger partial charge on any atom is 0.315 e. The summed E-state index contributed by atoms with van der Waals surface area (Å²) >= 11 is 0. The van der Waals surface area contributed by atoms with Crippen molar-refractivity contribution >= 4 is 5.97 Å². The lowest BCUT2D eigenvalue weighted by Gasteiger charge is -2.72. The van der Waals surface area contributed by atoms with Gasteiger partial charge in [0.1, 0.15) is 85.0 Å². The lowest BCUT2D eigenvalue weighted by Crippen LogP contribution is -2.69. The highest BCUT2D eigenvalue weighted by molar-refractivity contribution is 5.79. The molecule has 0 radical (unpaired) electrons. The Morgan fingerprint density at radius 1 is 0.619 bits per heavy atom. The molecule has 482 valence electrons. The number of hydrogen-bond acceptors (Lipinski definition) is 26. The van der Waals surface area contributed by atoms with Crippen molar-refractivity contribution in [1.29, 1.82) is 0 Å². The van der Waals surface area contributed by atoms with Crippen molar-refractivity contribution in [2.24, 2.45) is 50.2 Å². The summed E-state index contributed by atoms with van der Waals surface area (Å²) < 4.78 is 58.9. The fraction of sp³-hybridized carbons (Fsp3) is 0.948. The topological polar surface area (TPSA) is 413 Å². The predicted molar refractivity (Wildman–Crippen MR) is 283 cm³/mol. The first kappa shape index (κ1) is 65.2. The van der Waals surface area contributed by atoms with Crippen molar-refractivity contribution in [1.82, 2.24) is 0 Å². The highest BCUT2D eigenvalue weighted by Gasteiger charge is 2.72. The van der Waals surface area contributed by atoms with Gasteiger partial charge in [0.05, 0.1) is 62.9 Å². The molecular formula is C58H94O26. The van der Waals surface area contributed by atoms with Crippen LogP contribution in [0.25, 0.3) is 0 Å². The van der Waals surface area contributed by atoms with Gasteiger partial charge >= 0.3 is 5.97 Å². The minimum atomic E-state index is -2.16. The molecule has 0 amide bonds. The molecule has 26 nitrogen and oxygen atoms in total. The molecule has 84 heavy (non-hydrogen) atoms. The van der Waals surface area contributed by atoms with Gasteiger partial charge in [-0.25, -0.2) is 0 Å². The lowest BCUT2D eigenvalue weighted by molar-refractivity contribution is -0.361. The molecule has 0 bridgehead atoms. The molecule has 5 heterocycles. The Labute approximate surface area is 488 Å². The van der Waals surface area contributed by atoms with E-state index in [0.29, 0.717) is 44.9 Å². The van der Waals surface area contributed by atoms with Gasteiger partial charge in [0.2, 0.25) is 6.29 Å². The van der Waals surface area contributed by atoms with Gasteiger partial charge in [-0.05, 0) is 111 Å². The van der Waals surface area contributed by atoms with Crippen LogP contribution in [0.1, 0.15) is 113 Å². The van der Waals surface area contributed by atoms with Crippen molar-refractivity contribution in [3.8, 4) is 0 Å². The van der Waals surface area contributed by atoms with Crippen LogP contribution in [0.15, 0.2) is 11.6 Å². The molecule has 5 aliphatic heterocycles. The Bertz CT molecular complexity index is 2370. The highest BCUT2D eigenvalue weighted by atomic mass is 16.8. The molecule has 9 fully saturated rings. The first-order chi connectivity index (χ1) is 39.3. The van der Waals surface area contributed by atoms with Gasteiger partial charge in [-0.15, -0.1) is 0 Å². The number of hydrogen-bond donors (Lipinski definition) is 15. The second-order valence-electron chi connectivity index (χ2n) is 28.3. The molecule has 0 aromatic rings. The van der Waals surface area contributed by atoms with E-state index in [9.17, 15) is 76.6 Å². The number of fused-ring (bicyclic) bond motifs is 7. The third kappa shape index (κ3) is 10.6. The summed E-state index contributed by atoms with van der Waals surface area (Å²) in [7, 11) is 0. The van der Waals surface area contributed by atoms with Gasteiger partial charge in [0, 0.05) is 5.41 Å². The van der Waals surface area contributed by atoms with Gasteiger partial charge in [-0.1, -0.05) is 53.2 Å². The van der Waals surface area contributed by atoms with E-state index in [1.165, 1.54) is 13.8 Å². The van der Waals surface area contributed by atoms with Crippen LogP contribution in [-0.4, -0.2) is 263 Å². The molecule has 10 rings (SSSR count). The van der Waals surface area contributed by atoms with Crippen molar-refractivity contribution in [2.75, 3.05) is 33.0 Å². The van der Waals surface area contributed by atoms with Crippen molar-refractivity contribution in [3.63, 3.8) is 0 Å². The summed E-state index contributed by atoms with van der Waals surface area (Å²) in [5, 5.41) is 164. The second-order valence-corrected chi connectivity index (χ2v) is 28.3.